The van der Waals surface area contributed by atoms with Crippen LogP contribution in [-0.2, 0) is 4.74 Å². The summed E-state index contributed by atoms with van der Waals surface area (Å²) >= 11 is 5.60. The molecule has 0 fully saturated rings. The number of hydrogen-bond donors (Lipinski definition) is 0. The lowest BCUT2D eigenvalue weighted by Crippen LogP contribution is -1.87. The normalized spacial score (nSPS) is 11.4. The number of ether oxygens (including phenoxy) is 1. The summed E-state index contributed by atoms with van der Waals surface area (Å²) in [5.41, 5.74) is 1.12. The summed E-state index contributed by atoms with van der Waals surface area (Å²) in [5, 5.41) is 0. The molecule has 0 amide bonds. The van der Waals surface area contributed by atoms with Gasteiger partial charge in [0.2, 0.25) is 0 Å². The van der Waals surface area contributed by atoms with Crippen LogP contribution < -0.4 is 0 Å². The van der Waals surface area contributed by atoms with Crippen LogP contribution in [0.25, 0.3) is 5.76 Å². The first kappa shape index (κ1) is 11.1. The lowest BCUT2D eigenvalue weighted by Gasteiger charge is -2.05. The Morgan fingerprint density at radius 2 is 2.07 bits per heavy atom. The first-order chi connectivity index (χ1) is 6.88. The number of rotatable bonds is 5. The highest BCUT2D eigenvalue weighted by Gasteiger charge is 1.98. The van der Waals surface area contributed by atoms with Gasteiger partial charge in [0.25, 0.3) is 0 Å². The van der Waals surface area contributed by atoms with Crippen LogP contribution in [0.4, 0.5) is 0 Å². The molecule has 0 aromatic heterocycles. The molecule has 76 valence electrons. The van der Waals surface area contributed by atoms with E-state index in [-0.39, 0.29) is 0 Å². The van der Waals surface area contributed by atoms with Crippen LogP contribution >= 0.6 is 11.6 Å². The largest absolute Gasteiger partial charge is 0.496 e. The van der Waals surface area contributed by atoms with Crippen molar-refractivity contribution in [2.24, 2.45) is 0 Å². The van der Waals surface area contributed by atoms with Crippen molar-refractivity contribution in [3.63, 3.8) is 0 Å². The van der Waals surface area contributed by atoms with Gasteiger partial charge in [-0.05, 0) is 18.9 Å². The van der Waals surface area contributed by atoms with Gasteiger partial charge in [0.05, 0.1) is 7.11 Å². The Morgan fingerprint density at radius 1 is 1.36 bits per heavy atom. The number of alkyl halides is 1. The number of methoxy groups -OCH3 is 1. The van der Waals surface area contributed by atoms with Crippen molar-refractivity contribution in [1.82, 2.24) is 0 Å². The topological polar surface area (TPSA) is 9.23 Å². The first-order valence-corrected chi connectivity index (χ1v) is 5.27. The molecular formula is C12H15ClO. The summed E-state index contributed by atoms with van der Waals surface area (Å²) in [6.07, 6.45) is 4.03. The van der Waals surface area contributed by atoms with Crippen LogP contribution in [0.5, 0.6) is 0 Å². The molecule has 0 aliphatic carbocycles. The summed E-state index contributed by atoms with van der Waals surface area (Å²) in [5.74, 6) is 1.62. The smallest absolute Gasteiger partial charge is 0.122 e. The molecule has 1 aromatic carbocycles. The van der Waals surface area contributed by atoms with Crippen LogP contribution in [0, 0.1) is 0 Å². The van der Waals surface area contributed by atoms with Crippen molar-refractivity contribution in [3.8, 4) is 0 Å². The Morgan fingerprint density at radius 3 is 2.64 bits per heavy atom. The Labute approximate surface area is 90.3 Å². The second kappa shape index (κ2) is 6.50. The van der Waals surface area contributed by atoms with Gasteiger partial charge in [-0.25, -0.2) is 0 Å². The van der Waals surface area contributed by atoms with Gasteiger partial charge in [0.1, 0.15) is 5.76 Å². The third kappa shape index (κ3) is 3.43. The van der Waals surface area contributed by atoms with E-state index in [4.69, 9.17) is 16.3 Å². The van der Waals surface area contributed by atoms with Gasteiger partial charge >= 0.3 is 0 Å². The minimum atomic E-state index is 0.697. The maximum atomic E-state index is 5.60. The fourth-order valence-electron chi connectivity index (χ4n) is 1.23. The highest BCUT2D eigenvalue weighted by Crippen LogP contribution is 2.15. The van der Waals surface area contributed by atoms with E-state index in [1.807, 2.05) is 30.3 Å². The molecule has 1 rings (SSSR count). The monoisotopic (exact) mass is 210 g/mol. The van der Waals surface area contributed by atoms with Crippen LogP contribution in [0.15, 0.2) is 36.4 Å². The fraction of sp³-hybridized carbons (Fsp3) is 0.333. The molecule has 2 heteroatoms. The van der Waals surface area contributed by atoms with Crippen molar-refractivity contribution in [2.75, 3.05) is 13.0 Å². The first-order valence-electron chi connectivity index (χ1n) is 4.74. The van der Waals surface area contributed by atoms with Crippen LogP contribution in [0.3, 0.4) is 0 Å². The van der Waals surface area contributed by atoms with Gasteiger partial charge in [-0.2, -0.15) is 0 Å². The molecule has 0 N–H and O–H groups in total. The SMILES string of the molecule is COC(=CCCCCl)c1ccccc1. The Kier molecular flexibility index (Phi) is 5.16. The van der Waals surface area contributed by atoms with Crippen molar-refractivity contribution >= 4 is 17.4 Å². The zero-order chi connectivity index (χ0) is 10.2. The zero-order valence-corrected chi connectivity index (χ0v) is 9.13. The van der Waals surface area contributed by atoms with E-state index in [1.54, 1.807) is 7.11 Å². The molecule has 1 aromatic rings. The number of benzene rings is 1. The van der Waals surface area contributed by atoms with Crippen LogP contribution in [0.2, 0.25) is 0 Å². The second-order valence-electron chi connectivity index (χ2n) is 2.97. The highest BCUT2D eigenvalue weighted by molar-refractivity contribution is 6.17. The minimum Gasteiger partial charge on any atom is -0.496 e. The van der Waals surface area contributed by atoms with E-state index in [2.05, 4.69) is 6.08 Å². The molecule has 0 saturated carbocycles. The zero-order valence-electron chi connectivity index (χ0n) is 8.37. The molecule has 0 atom stereocenters. The molecule has 0 radical (unpaired) electrons. The maximum Gasteiger partial charge on any atom is 0.122 e. The van der Waals surface area contributed by atoms with Crippen molar-refractivity contribution < 1.29 is 4.74 Å². The summed E-state index contributed by atoms with van der Waals surface area (Å²) in [7, 11) is 1.69. The standard InChI is InChI=1S/C12H15ClO/c1-14-12(9-5-6-10-13)11-7-3-2-4-8-11/h2-4,7-9H,5-6,10H2,1H3. The Bertz CT molecular complexity index is 280. The molecule has 0 bridgehead atoms. The van der Waals surface area contributed by atoms with Gasteiger partial charge in [0, 0.05) is 11.4 Å². The van der Waals surface area contributed by atoms with Crippen molar-refractivity contribution in [2.45, 2.75) is 12.8 Å². The van der Waals surface area contributed by atoms with Crippen LogP contribution in [0.1, 0.15) is 18.4 Å². The molecule has 0 aliphatic rings. The minimum absolute atomic E-state index is 0.697. The van der Waals surface area contributed by atoms with E-state index in [1.165, 1.54) is 0 Å². The quantitative estimate of drug-likeness (QED) is 0.409. The maximum absolute atomic E-state index is 5.60. The van der Waals surface area contributed by atoms with Gasteiger partial charge in [-0.1, -0.05) is 30.3 Å². The predicted molar refractivity (Wildman–Crippen MR) is 61.4 cm³/mol. The second-order valence-corrected chi connectivity index (χ2v) is 3.35. The van der Waals surface area contributed by atoms with Crippen LogP contribution in [-0.4, -0.2) is 13.0 Å². The van der Waals surface area contributed by atoms with Gasteiger partial charge < -0.3 is 4.74 Å². The summed E-state index contributed by atoms with van der Waals surface area (Å²) in [6.45, 7) is 0. The highest BCUT2D eigenvalue weighted by atomic mass is 35.5. The third-order valence-corrected chi connectivity index (χ3v) is 2.21. The number of unbranched alkanes of at least 4 members (excludes halogenated alkanes) is 1. The summed E-state index contributed by atoms with van der Waals surface area (Å²) in [4.78, 5) is 0. The number of halogens is 1. The Hall–Kier alpha value is -0.950. The molecule has 0 heterocycles. The molecule has 0 unspecified atom stereocenters. The number of hydrogen-bond acceptors (Lipinski definition) is 1. The van der Waals surface area contributed by atoms with Crippen molar-refractivity contribution in [3.05, 3.63) is 42.0 Å². The van der Waals surface area contributed by atoms with Gasteiger partial charge in [-0.15, -0.1) is 11.6 Å². The molecule has 14 heavy (non-hydrogen) atoms. The van der Waals surface area contributed by atoms with E-state index < -0.39 is 0 Å². The average Bonchev–Trinajstić information content (AvgIpc) is 2.26. The van der Waals surface area contributed by atoms with E-state index in [9.17, 15) is 0 Å². The Balaban J connectivity index is 2.67. The summed E-state index contributed by atoms with van der Waals surface area (Å²) in [6, 6.07) is 10.1. The van der Waals surface area contributed by atoms with E-state index in [0.717, 1.165) is 24.2 Å². The average molecular weight is 211 g/mol. The molecular weight excluding hydrogens is 196 g/mol. The van der Waals surface area contributed by atoms with Gasteiger partial charge in [0.15, 0.2) is 0 Å². The predicted octanol–water partition coefficient (Wildman–Crippen LogP) is 3.69. The van der Waals surface area contributed by atoms with E-state index >= 15 is 0 Å². The van der Waals surface area contributed by atoms with Gasteiger partial charge in [-0.3, -0.25) is 0 Å². The number of allylic oxidation sites excluding steroid dienone is 1. The molecule has 0 spiro atoms. The summed E-state index contributed by atoms with van der Waals surface area (Å²) < 4.78 is 5.30. The lowest BCUT2D eigenvalue weighted by atomic mass is 10.1. The molecule has 1 nitrogen and oxygen atoms in total. The fourth-order valence-corrected chi connectivity index (χ4v) is 1.39. The van der Waals surface area contributed by atoms with E-state index in [0.29, 0.717) is 5.88 Å². The molecule has 0 saturated heterocycles. The third-order valence-electron chi connectivity index (χ3n) is 1.95. The lowest BCUT2D eigenvalue weighted by molar-refractivity contribution is 0.368. The molecule has 0 aliphatic heterocycles. The van der Waals surface area contributed by atoms with Crippen molar-refractivity contribution in [1.29, 1.82) is 0 Å².